The van der Waals surface area contributed by atoms with Crippen LogP contribution in [0.1, 0.15) is 11.4 Å². The van der Waals surface area contributed by atoms with Crippen molar-refractivity contribution >= 4 is 21.8 Å². The molecule has 0 unspecified atom stereocenters. The number of aryl methyl sites for hydroxylation is 2. The number of pyridine rings is 2. The van der Waals surface area contributed by atoms with Crippen LogP contribution >= 0.6 is 0 Å². The smallest absolute Gasteiger partial charge is 0.871 e. The number of rotatable bonds is 0. The molecular weight excluding hydrogens is 366 g/mol. The topological polar surface area (TPSA) is 71.9 Å². The van der Waals surface area contributed by atoms with E-state index < -0.39 is 0 Å². The molecule has 4 nitrogen and oxygen atoms in total. The van der Waals surface area contributed by atoms with Crippen molar-refractivity contribution in [3.8, 4) is 11.5 Å². The summed E-state index contributed by atoms with van der Waals surface area (Å²) in [4.78, 5) is 8.33. The van der Waals surface area contributed by atoms with Crippen LogP contribution in [0.3, 0.4) is 0 Å². The zero-order valence-electron chi connectivity index (χ0n) is 14.2. The number of fused-ring (bicyclic) bond motifs is 2. The van der Waals surface area contributed by atoms with Crippen LogP contribution in [0.2, 0.25) is 0 Å². The molecule has 0 fully saturated rings. The second-order valence-electron chi connectivity index (χ2n) is 5.56. The monoisotopic (exact) mass is 380 g/mol. The molecule has 2 aromatic carbocycles. The summed E-state index contributed by atoms with van der Waals surface area (Å²) >= 11 is 0. The maximum Gasteiger partial charge on any atom is 2.00 e. The first-order valence-corrected chi connectivity index (χ1v) is 7.61. The summed E-state index contributed by atoms with van der Waals surface area (Å²) in [6.45, 7) is 3.76. The maximum atomic E-state index is 11.3. The normalized spacial score (nSPS) is 10.0. The Morgan fingerprint density at radius 1 is 0.600 bits per heavy atom. The Kier molecular flexibility index (Phi) is 6.05. The molecule has 4 aromatic rings. The Morgan fingerprint density at radius 3 is 1.40 bits per heavy atom. The molecule has 25 heavy (non-hydrogen) atoms. The Balaban J connectivity index is 0.000000173. The zero-order chi connectivity index (χ0) is 17.1. The fraction of sp³-hybridized carbons (Fsp3) is 0.100. The third-order valence-electron chi connectivity index (χ3n) is 3.64. The molecular formula is C20H16N2O2Zn. The first-order valence-electron chi connectivity index (χ1n) is 7.61. The largest absolute Gasteiger partial charge is 2.00 e. The molecule has 2 aromatic heterocycles. The van der Waals surface area contributed by atoms with Gasteiger partial charge in [-0.2, -0.15) is 0 Å². The molecule has 0 N–H and O–H groups in total. The number of hydrogen-bond acceptors (Lipinski definition) is 4. The predicted octanol–water partition coefficient (Wildman–Crippen LogP) is 3.23. The van der Waals surface area contributed by atoms with Gasteiger partial charge >= 0.3 is 19.5 Å². The first-order chi connectivity index (χ1) is 11.5. The zero-order valence-corrected chi connectivity index (χ0v) is 17.2. The first kappa shape index (κ1) is 18.8. The predicted molar refractivity (Wildman–Crippen MR) is 91.9 cm³/mol. The van der Waals surface area contributed by atoms with Gasteiger partial charge < -0.3 is 10.2 Å². The summed E-state index contributed by atoms with van der Waals surface area (Å²) in [6, 6.07) is 18.0. The van der Waals surface area contributed by atoms with Gasteiger partial charge in [0.1, 0.15) is 0 Å². The van der Waals surface area contributed by atoms with E-state index in [0.717, 1.165) is 22.2 Å². The van der Waals surface area contributed by atoms with Crippen molar-refractivity contribution in [2.24, 2.45) is 0 Å². The molecule has 0 radical (unpaired) electrons. The Hall–Kier alpha value is -2.52. The average Bonchev–Trinajstić information content (AvgIpc) is 2.57. The van der Waals surface area contributed by atoms with Crippen LogP contribution in [-0.4, -0.2) is 9.97 Å². The third-order valence-corrected chi connectivity index (χ3v) is 3.64. The van der Waals surface area contributed by atoms with Crippen molar-refractivity contribution < 1.29 is 29.7 Å². The fourth-order valence-electron chi connectivity index (χ4n) is 2.43. The molecule has 0 aliphatic heterocycles. The van der Waals surface area contributed by atoms with Gasteiger partial charge in [-0.25, -0.2) is 0 Å². The van der Waals surface area contributed by atoms with Crippen molar-refractivity contribution in [2.45, 2.75) is 13.8 Å². The number of nitrogens with zero attached hydrogens (tertiary/aromatic N) is 2. The molecule has 0 amide bonds. The fourth-order valence-corrected chi connectivity index (χ4v) is 2.43. The van der Waals surface area contributed by atoms with Crippen molar-refractivity contribution in [3.05, 3.63) is 72.1 Å². The van der Waals surface area contributed by atoms with Crippen molar-refractivity contribution in [3.63, 3.8) is 0 Å². The van der Waals surface area contributed by atoms with E-state index in [9.17, 15) is 10.2 Å². The van der Waals surface area contributed by atoms with E-state index in [4.69, 9.17) is 0 Å². The molecule has 0 aliphatic rings. The second-order valence-corrected chi connectivity index (χ2v) is 5.56. The van der Waals surface area contributed by atoms with Gasteiger partial charge in [0.15, 0.2) is 0 Å². The van der Waals surface area contributed by atoms with Crippen LogP contribution in [0.4, 0.5) is 0 Å². The summed E-state index contributed by atoms with van der Waals surface area (Å²) in [5.74, 6) is -0.00704. The van der Waals surface area contributed by atoms with Crippen molar-refractivity contribution in [2.75, 3.05) is 0 Å². The number of para-hydroxylation sites is 2. The Bertz CT molecular complexity index is 936. The van der Waals surface area contributed by atoms with E-state index in [1.54, 1.807) is 12.1 Å². The van der Waals surface area contributed by atoms with E-state index in [1.165, 1.54) is 12.1 Å². The molecule has 0 atom stereocenters. The minimum absolute atomic E-state index is 0. The van der Waals surface area contributed by atoms with Gasteiger partial charge in [-0.05, 0) is 36.8 Å². The van der Waals surface area contributed by atoms with Crippen LogP contribution in [0, 0.1) is 13.8 Å². The van der Waals surface area contributed by atoms with Crippen LogP contribution in [-0.2, 0) is 19.5 Å². The Labute approximate surface area is 158 Å². The summed E-state index contributed by atoms with van der Waals surface area (Å²) in [7, 11) is 0. The van der Waals surface area contributed by atoms with E-state index in [-0.39, 0.29) is 31.0 Å². The Morgan fingerprint density at radius 2 is 1.00 bits per heavy atom. The van der Waals surface area contributed by atoms with Gasteiger partial charge in [0.05, 0.1) is 11.0 Å². The van der Waals surface area contributed by atoms with E-state index >= 15 is 0 Å². The molecule has 0 aliphatic carbocycles. The van der Waals surface area contributed by atoms with E-state index in [0.29, 0.717) is 11.0 Å². The van der Waals surface area contributed by atoms with Crippen LogP contribution in [0.5, 0.6) is 11.5 Å². The minimum Gasteiger partial charge on any atom is -0.871 e. The quantitative estimate of drug-likeness (QED) is 0.438. The second kappa shape index (κ2) is 8.04. The van der Waals surface area contributed by atoms with Crippen molar-refractivity contribution in [1.29, 1.82) is 0 Å². The number of aromatic nitrogens is 2. The van der Waals surface area contributed by atoms with Gasteiger partial charge in [0, 0.05) is 11.4 Å². The van der Waals surface area contributed by atoms with Crippen LogP contribution in [0.25, 0.3) is 21.8 Å². The molecule has 5 heteroatoms. The van der Waals surface area contributed by atoms with E-state index in [1.807, 2.05) is 50.2 Å². The summed E-state index contributed by atoms with van der Waals surface area (Å²) in [5.41, 5.74) is 2.90. The van der Waals surface area contributed by atoms with Gasteiger partial charge in [0.25, 0.3) is 0 Å². The molecule has 0 saturated heterocycles. The molecule has 0 spiro atoms. The van der Waals surface area contributed by atoms with Gasteiger partial charge in [-0.1, -0.05) is 60.0 Å². The number of hydrogen-bond donors (Lipinski definition) is 0. The third kappa shape index (κ3) is 4.31. The van der Waals surface area contributed by atoms with Crippen LogP contribution < -0.4 is 10.2 Å². The summed E-state index contributed by atoms with van der Waals surface area (Å²) in [5, 5.41) is 24.4. The molecule has 0 bridgehead atoms. The molecule has 0 saturated carbocycles. The molecule has 2 heterocycles. The maximum absolute atomic E-state index is 11.3. The van der Waals surface area contributed by atoms with Gasteiger partial charge in [0.2, 0.25) is 0 Å². The van der Waals surface area contributed by atoms with E-state index in [2.05, 4.69) is 9.97 Å². The van der Waals surface area contributed by atoms with Gasteiger partial charge in [-0.15, -0.1) is 0 Å². The van der Waals surface area contributed by atoms with Crippen LogP contribution in [0.15, 0.2) is 60.7 Å². The SMILES string of the molecule is Cc1ccc2cccc([O-])c2n1.Cc1ccc2cccc([O-])c2n1.[Zn+2]. The van der Waals surface area contributed by atoms with Gasteiger partial charge in [-0.3, -0.25) is 9.97 Å². The van der Waals surface area contributed by atoms with Crippen molar-refractivity contribution in [1.82, 2.24) is 9.97 Å². The summed E-state index contributed by atoms with van der Waals surface area (Å²) < 4.78 is 0. The number of benzene rings is 2. The summed E-state index contributed by atoms with van der Waals surface area (Å²) in [6.07, 6.45) is 0. The standard InChI is InChI=1S/2C10H9NO.Zn/c2*1-7-5-6-8-3-2-4-9(12)10(8)11-7;/h2*2-6,12H,1H3;/q;;+2/p-2. The molecule has 4 rings (SSSR count). The molecule has 120 valence electrons. The minimum atomic E-state index is -0.00352. The average molecular weight is 382 g/mol.